The fourth-order valence-electron chi connectivity index (χ4n) is 2.08. The molecular formula is C14H22N4OS. The summed E-state index contributed by atoms with van der Waals surface area (Å²) < 4.78 is 2.10. The summed E-state index contributed by atoms with van der Waals surface area (Å²) in [4.78, 5) is 18.5. The van der Waals surface area contributed by atoms with E-state index in [1.807, 2.05) is 27.7 Å². The molecule has 0 aromatic carbocycles. The molecule has 0 radical (unpaired) electrons. The molecule has 0 saturated heterocycles. The molecule has 0 fully saturated rings. The molecule has 0 aliphatic carbocycles. The number of carbonyl (C=O) groups is 1. The van der Waals surface area contributed by atoms with Crippen molar-refractivity contribution < 1.29 is 4.79 Å². The van der Waals surface area contributed by atoms with Crippen LogP contribution in [0.2, 0.25) is 0 Å². The van der Waals surface area contributed by atoms with E-state index in [0.29, 0.717) is 13.1 Å². The lowest BCUT2D eigenvalue weighted by Crippen LogP contribution is -2.44. The number of hydrogen-bond acceptors (Lipinski definition) is 4. The van der Waals surface area contributed by atoms with Crippen LogP contribution >= 0.6 is 11.3 Å². The normalized spacial score (nSPS) is 12.1. The number of nitrogens with one attached hydrogen (secondary N) is 2. The van der Waals surface area contributed by atoms with Crippen molar-refractivity contribution in [1.29, 1.82) is 0 Å². The number of fused-ring (bicyclic) bond motifs is 1. The summed E-state index contributed by atoms with van der Waals surface area (Å²) in [5, 5.41) is 6.12. The van der Waals surface area contributed by atoms with Crippen molar-refractivity contribution in [2.24, 2.45) is 0 Å². The van der Waals surface area contributed by atoms with Gasteiger partial charge in [0.05, 0.1) is 17.9 Å². The van der Waals surface area contributed by atoms with Crippen molar-refractivity contribution in [1.82, 2.24) is 20.0 Å². The Hall–Kier alpha value is -1.40. The molecule has 1 amide bonds. The van der Waals surface area contributed by atoms with Gasteiger partial charge in [-0.25, -0.2) is 4.98 Å². The quantitative estimate of drug-likeness (QED) is 0.907. The molecule has 20 heavy (non-hydrogen) atoms. The summed E-state index contributed by atoms with van der Waals surface area (Å²) in [6.07, 6.45) is 2.09. The summed E-state index contributed by atoms with van der Waals surface area (Å²) in [5.41, 5.74) is 1.94. The van der Waals surface area contributed by atoms with Crippen LogP contribution in [-0.2, 0) is 11.3 Å². The fourth-order valence-corrected chi connectivity index (χ4v) is 2.97. The molecule has 2 rings (SSSR count). The predicted molar refractivity (Wildman–Crippen MR) is 82.1 cm³/mol. The first-order valence-electron chi connectivity index (χ1n) is 6.72. The smallest absolute Gasteiger partial charge is 0.234 e. The highest BCUT2D eigenvalue weighted by atomic mass is 32.1. The van der Waals surface area contributed by atoms with E-state index in [-0.39, 0.29) is 11.4 Å². The van der Waals surface area contributed by atoms with E-state index >= 15 is 0 Å². The molecule has 0 aliphatic rings. The second-order valence-electron chi connectivity index (χ2n) is 6.04. The van der Waals surface area contributed by atoms with Gasteiger partial charge in [0.1, 0.15) is 0 Å². The topological polar surface area (TPSA) is 58.4 Å². The van der Waals surface area contributed by atoms with Gasteiger partial charge >= 0.3 is 0 Å². The molecule has 0 bridgehead atoms. The zero-order valence-corrected chi connectivity index (χ0v) is 13.5. The summed E-state index contributed by atoms with van der Waals surface area (Å²) in [5.74, 6) is 0.0115. The van der Waals surface area contributed by atoms with Crippen molar-refractivity contribution >= 4 is 22.2 Å². The third kappa shape index (κ3) is 3.58. The molecule has 110 valence electrons. The molecule has 0 aliphatic heterocycles. The van der Waals surface area contributed by atoms with E-state index in [0.717, 1.165) is 16.3 Å². The van der Waals surface area contributed by atoms with Crippen LogP contribution in [-0.4, -0.2) is 27.4 Å². The first-order chi connectivity index (χ1) is 9.26. The fraction of sp³-hybridized carbons (Fsp3) is 0.571. The van der Waals surface area contributed by atoms with Crippen LogP contribution in [0.3, 0.4) is 0 Å². The lowest BCUT2D eigenvalue weighted by atomic mass is 10.1. The first kappa shape index (κ1) is 15.0. The Morgan fingerprint density at radius 3 is 2.75 bits per heavy atom. The molecule has 2 aromatic heterocycles. The van der Waals surface area contributed by atoms with Crippen molar-refractivity contribution in [3.63, 3.8) is 0 Å². The Labute approximate surface area is 123 Å². The van der Waals surface area contributed by atoms with Crippen LogP contribution in [0.25, 0.3) is 4.96 Å². The standard InChI is InChI=1S/C14H22N4OS/c1-9-8-18-11(10(2)16-13(18)20-9)6-15-7-12(19)17-14(3,4)5/h8,15H,6-7H2,1-5H3,(H,17,19). The van der Waals surface area contributed by atoms with Crippen molar-refractivity contribution in [3.8, 4) is 0 Å². The third-order valence-corrected chi connectivity index (χ3v) is 3.73. The monoisotopic (exact) mass is 294 g/mol. The van der Waals surface area contributed by atoms with Crippen molar-refractivity contribution in [3.05, 3.63) is 22.5 Å². The number of rotatable bonds is 4. The zero-order chi connectivity index (χ0) is 14.9. The molecule has 5 nitrogen and oxygen atoms in total. The molecule has 6 heteroatoms. The van der Waals surface area contributed by atoms with Gasteiger partial charge in [0.25, 0.3) is 0 Å². The number of carbonyl (C=O) groups excluding carboxylic acids is 1. The van der Waals surface area contributed by atoms with Crippen LogP contribution in [0.1, 0.15) is 37.0 Å². The van der Waals surface area contributed by atoms with Gasteiger partial charge in [-0.05, 0) is 34.6 Å². The van der Waals surface area contributed by atoms with E-state index in [9.17, 15) is 4.79 Å². The van der Waals surface area contributed by atoms with Gasteiger partial charge in [-0.1, -0.05) is 0 Å². The van der Waals surface area contributed by atoms with E-state index in [4.69, 9.17) is 0 Å². The number of amides is 1. The Morgan fingerprint density at radius 1 is 1.40 bits per heavy atom. The number of aromatic nitrogens is 2. The zero-order valence-electron chi connectivity index (χ0n) is 12.7. The highest BCUT2D eigenvalue weighted by molar-refractivity contribution is 7.17. The highest BCUT2D eigenvalue weighted by Gasteiger charge is 2.14. The van der Waals surface area contributed by atoms with Crippen LogP contribution in [0.15, 0.2) is 6.20 Å². The molecule has 2 aromatic rings. The Balaban J connectivity index is 1.96. The van der Waals surface area contributed by atoms with Crippen LogP contribution < -0.4 is 10.6 Å². The van der Waals surface area contributed by atoms with Gasteiger partial charge in [0.2, 0.25) is 5.91 Å². The largest absolute Gasteiger partial charge is 0.350 e. The Bertz CT molecular complexity index is 621. The van der Waals surface area contributed by atoms with E-state index in [1.165, 1.54) is 4.88 Å². The Morgan fingerprint density at radius 2 is 2.10 bits per heavy atom. The van der Waals surface area contributed by atoms with E-state index in [2.05, 4.69) is 33.1 Å². The first-order valence-corrected chi connectivity index (χ1v) is 7.53. The number of thiazole rings is 1. The maximum Gasteiger partial charge on any atom is 0.234 e. The maximum absolute atomic E-state index is 11.7. The molecule has 2 heterocycles. The molecular weight excluding hydrogens is 272 g/mol. The van der Waals surface area contributed by atoms with E-state index < -0.39 is 0 Å². The van der Waals surface area contributed by atoms with Gasteiger partial charge in [0.15, 0.2) is 4.96 Å². The minimum absolute atomic E-state index is 0.0115. The lowest BCUT2D eigenvalue weighted by Gasteiger charge is -2.20. The molecule has 2 N–H and O–H groups in total. The van der Waals surface area contributed by atoms with Crippen LogP contribution in [0.5, 0.6) is 0 Å². The minimum atomic E-state index is -0.191. The van der Waals surface area contributed by atoms with Crippen molar-refractivity contribution in [2.45, 2.75) is 46.7 Å². The second-order valence-corrected chi connectivity index (χ2v) is 7.25. The molecule has 0 atom stereocenters. The number of aryl methyl sites for hydroxylation is 2. The van der Waals surface area contributed by atoms with Gasteiger partial charge < -0.3 is 10.6 Å². The summed E-state index contributed by atoms with van der Waals surface area (Å²) in [7, 11) is 0. The van der Waals surface area contributed by atoms with Crippen LogP contribution in [0.4, 0.5) is 0 Å². The molecule has 0 unspecified atom stereocenters. The Kier molecular flexibility index (Phi) is 4.15. The molecule has 0 spiro atoms. The SMILES string of the molecule is Cc1cn2c(CNCC(=O)NC(C)(C)C)c(C)nc2s1. The second kappa shape index (κ2) is 5.54. The van der Waals surface area contributed by atoms with E-state index in [1.54, 1.807) is 11.3 Å². The summed E-state index contributed by atoms with van der Waals surface area (Å²) >= 11 is 1.68. The van der Waals surface area contributed by atoms with Gasteiger partial charge in [-0.15, -0.1) is 11.3 Å². The lowest BCUT2D eigenvalue weighted by molar-refractivity contribution is -0.121. The molecule has 0 saturated carbocycles. The van der Waals surface area contributed by atoms with Gasteiger partial charge in [-0.2, -0.15) is 0 Å². The van der Waals surface area contributed by atoms with Crippen LogP contribution in [0, 0.1) is 13.8 Å². The average Bonchev–Trinajstić information content (AvgIpc) is 2.74. The van der Waals surface area contributed by atoms with Gasteiger partial charge in [0, 0.05) is 23.2 Å². The van der Waals surface area contributed by atoms with Gasteiger partial charge in [-0.3, -0.25) is 9.20 Å². The average molecular weight is 294 g/mol. The predicted octanol–water partition coefficient (Wildman–Crippen LogP) is 2.02. The number of hydrogen-bond donors (Lipinski definition) is 2. The number of imidazole rings is 1. The summed E-state index contributed by atoms with van der Waals surface area (Å²) in [6, 6.07) is 0. The highest BCUT2D eigenvalue weighted by Crippen LogP contribution is 2.20. The summed E-state index contributed by atoms with van der Waals surface area (Å²) in [6.45, 7) is 11.0. The maximum atomic E-state index is 11.7. The van der Waals surface area contributed by atoms with Crippen molar-refractivity contribution in [2.75, 3.05) is 6.54 Å². The minimum Gasteiger partial charge on any atom is -0.350 e. The third-order valence-electron chi connectivity index (χ3n) is 2.83. The number of nitrogens with zero attached hydrogens (tertiary/aromatic N) is 2.